The SMILES string of the molecule is O=C1CCC(c2c(F)cc(N3CC(NC(=O)C45CC(c6ccccc6)(C4)C5)C3)cc2F)C(=O)N1. The molecule has 5 aliphatic rings. The van der Waals surface area contributed by atoms with E-state index >= 15 is 0 Å². The highest BCUT2D eigenvalue weighted by Gasteiger charge is 2.71. The second-order valence-corrected chi connectivity index (χ2v) is 10.4. The Balaban J connectivity index is 1.05. The zero-order valence-corrected chi connectivity index (χ0v) is 18.6. The molecule has 176 valence electrons. The molecule has 0 aromatic heterocycles. The molecule has 3 saturated carbocycles. The van der Waals surface area contributed by atoms with Crippen molar-refractivity contribution in [3.8, 4) is 0 Å². The normalized spacial score (nSPS) is 30.1. The minimum atomic E-state index is -1.01. The van der Waals surface area contributed by atoms with Crippen LogP contribution in [0.1, 0.15) is 49.1 Å². The minimum absolute atomic E-state index is 0.0541. The van der Waals surface area contributed by atoms with Crippen molar-refractivity contribution in [1.29, 1.82) is 0 Å². The molecule has 2 aromatic carbocycles. The van der Waals surface area contributed by atoms with Gasteiger partial charge in [-0.2, -0.15) is 0 Å². The fourth-order valence-electron chi connectivity index (χ4n) is 6.30. The maximum atomic E-state index is 14.8. The van der Waals surface area contributed by atoms with E-state index in [2.05, 4.69) is 22.8 Å². The molecule has 1 unspecified atom stereocenters. The molecule has 6 nitrogen and oxygen atoms in total. The van der Waals surface area contributed by atoms with Gasteiger partial charge in [-0.25, -0.2) is 8.78 Å². The van der Waals surface area contributed by atoms with Crippen LogP contribution in [0.2, 0.25) is 0 Å². The third-order valence-corrected chi connectivity index (χ3v) is 8.13. The van der Waals surface area contributed by atoms with Gasteiger partial charge < -0.3 is 10.2 Å². The maximum Gasteiger partial charge on any atom is 0.234 e. The van der Waals surface area contributed by atoms with Crippen molar-refractivity contribution < 1.29 is 23.2 Å². The van der Waals surface area contributed by atoms with Crippen molar-refractivity contribution in [2.75, 3.05) is 18.0 Å². The first-order valence-electron chi connectivity index (χ1n) is 11.7. The molecule has 0 spiro atoms. The quantitative estimate of drug-likeness (QED) is 0.666. The van der Waals surface area contributed by atoms with E-state index in [1.165, 1.54) is 17.7 Å². The molecule has 3 aliphatic carbocycles. The Hall–Kier alpha value is -3.29. The number of hydrogen-bond donors (Lipinski definition) is 2. The number of halogens is 2. The second kappa shape index (κ2) is 7.35. The van der Waals surface area contributed by atoms with E-state index < -0.39 is 29.4 Å². The van der Waals surface area contributed by atoms with Crippen molar-refractivity contribution in [3.63, 3.8) is 0 Å². The molecule has 7 rings (SSSR count). The number of carbonyl (C=O) groups is 3. The number of nitrogens with zero attached hydrogens (tertiary/aromatic N) is 1. The van der Waals surface area contributed by atoms with E-state index in [1.807, 2.05) is 18.2 Å². The molecule has 2 aliphatic heterocycles. The summed E-state index contributed by atoms with van der Waals surface area (Å²) in [5.74, 6) is -3.62. The molecule has 1 atom stereocenters. The topological polar surface area (TPSA) is 78.5 Å². The molecule has 0 radical (unpaired) electrons. The Kier molecular flexibility index (Phi) is 4.60. The summed E-state index contributed by atoms with van der Waals surface area (Å²) >= 11 is 0. The lowest BCUT2D eigenvalue weighted by Crippen LogP contribution is -2.72. The first kappa shape index (κ1) is 21.3. The summed E-state index contributed by atoms with van der Waals surface area (Å²) in [6.45, 7) is 0.949. The average molecular weight is 466 g/mol. The summed E-state index contributed by atoms with van der Waals surface area (Å²) in [7, 11) is 0. The first-order valence-corrected chi connectivity index (χ1v) is 11.7. The smallest absolute Gasteiger partial charge is 0.234 e. The number of nitrogens with one attached hydrogen (secondary N) is 2. The summed E-state index contributed by atoms with van der Waals surface area (Å²) in [6.07, 6.45) is 2.78. The van der Waals surface area contributed by atoms with Crippen LogP contribution in [0.4, 0.5) is 14.5 Å². The summed E-state index contributed by atoms with van der Waals surface area (Å²) in [5, 5.41) is 5.26. The lowest BCUT2D eigenvalue weighted by molar-refractivity contribution is -0.177. The van der Waals surface area contributed by atoms with Crippen molar-refractivity contribution in [2.45, 2.75) is 49.5 Å². The van der Waals surface area contributed by atoms with Crippen LogP contribution in [0, 0.1) is 17.0 Å². The van der Waals surface area contributed by atoms with Gasteiger partial charge in [-0.1, -0.05) is 30.3 Å². The van der Waals surface area contributed by atoms with Gasteiger partial charge in [0, 0.05) is 30.8 Å². The number of piperidine rings is 1. The van der Waals surface area contributed by atoms with Crippen LogP contribution in [0.3, 0.4) is 0 Å². The third kappa shape index (κ3) is 3.15. The van der Waals surface area contributed by atoms with Crippen LogP contribution in [0.25, 0.3) is 0 Å². The van der Waals surface area contributed by atoms with Crippen LogP contribution < -0.4 is 15.5 Å². The average Bonchev–Trinajstić information content (AvgIpc) is 2.70. The van der Waals surface area contributed by atoms with Crippen LogP contribution in [0.15, 0.2) is 42.5 Å². The highest BCUT2D eigenvalue weighted by Crippen LogP contribution is 2.73. The molecule has 2 aromatic rings. The van der Waals surface area contributed by atoms with E-state index in [1.54, 1.807) is 4.90 Å². The van der Waals surface area contributed by atoms with Crippen molar-refractivity contribution in [1.82, 2.24) is 10.6 Å². The van der Waals surface area contributed by atoms with E-state index in [0.717, 1.165) is 19.3 Å². The van der Waals surface area contributed by atoms with Gasteiger partial charge >= 0.3 is 0 Å². The Morgan fingerprint density at radius 3 is 2.29 bits per heavy atom. The predicted molar refractivity (Wildman–Crippen MR) is 120 cm³/mol. The third-order valence-electron chi connectivity index (χ3n) is 8.13. The molecule has 2 N–H and O–H groups in total. The fourth-order valence-corrected chi connectivity index (χ4v) is 6.30. The van der Waals surface area contributed by atoms with Gasteiger partial charge in [-0.15, -0.1) is 0 Å². The summed E-state index contributed by atoms with van der Waals surface area (Å²) in [4.78, 5) is 38.0. The molecule has 2 heterocycles. The number of benzene rings is 2. The molecule has 2 bridgehead atoms. The van der Waals surface area contributed by atoms with Gasteiger partial charge in [-0.05, 0) is 48.8 Å². The van der Waals surface area contributed by atoms with Crippen LogP contribution in [0.5, 0.6) is 0 Å². The molecule has 5 fully saturated rings. The number of hydrogen-bond acceptors (Lipinski definition) is 4. The van der Waals surface area contributed by atoms with Gasteiger partial charge in [0.2, 0.25) is 17.7 Å². The van der Waals surface area contributed by atoms with Crippen molar-refractivity contribution in [2.24, 2.45) is 5.41 Å². The van der Waals surface area contributed by atoms with Crippen molar-refractivity contribution in [3.05, 3.63) is 65.2 Å². The van der Waals surface area contributed by atoms with E-state index in [9.17, 15) is 23.2 Å². The molecular weight excluding hydrogens is 440 g/mol. The Morgan fingerprint density at radius 2 is 1.68 bits per heavy atom. The zero-order chi connectivity index (χ0) is 23.7. The second-order valence-electron chi connectivity index (χ2n) is 10.4. The summed E-state index contributed by atoms with van der Waals surface area (Å²) in [6, 6.07) is 12.7. The first-order chi connectivity index (χ1) is 16.3. The molecule has 8 heteroatoms. The Labute approximate surface area is 195 Å². The van der Waals surface area contributed by atoms with Gasteiger partial charge in [0.1, 0.15) is 11.6 Å². The molecular formula is C26H25F2N3O3. The zero-order valence-electron chi connectivity index (χ0n) is 18.6. The van der Waals surface area contributed by atoms with Gasteiger partial charge in [0.05, 0.1) is 17.4 Å². The van der Waals surface area contributed by atoms with E-state index in [0.29, 0.717) is 18.8 Å². The van der Waals surface area contributed by atoms with Crippen LogP contribution in [-0.4, -0.2) is 36.9 Å². The standard InChI is InChI=1S/C26H25F2N3O3/c27-19-8-17(9-20(28)22(19)18-6-7-21(32)30-23(18)33)31-10-16(11-31)29-24(34)26-12-25(13-26,14-26)15-4-2-1-3-5-15/h1-5,8-9,16,18H,6-7,10-14H2,(H,29,34)(H,30,32,33). The highest BCUT2D eigenvalue weighted by molar-refractivity contribution is 6.01. The highest BCUT2D eigenvalue weighted by atomic mass is 19.1. The lowest BCUT2D eigenvalue weighted by atomic mass is 9.33. The maximum absolute atomic E-state index is 14.8. The van der Waals surface area contributed by atoms with Crippen molar-refractivity contribution >= 4 is 23.4 Å². The molecule has 2 saturated heterocycles. The number of amides is 3. The molecule has 34 heavy (non-hydrogen) atoms. The number of carbonyl (C=O) groups excluding carboxylic acids is 3. The monoisotopic (exact) mass is 465 g/mol. The van der Waals surface area contributed by atoms with Crippen LogP contribution >= 0.6 is 0 Å². The predicted octanol–water partition coefficient (Wildman–Crippen LogP) is 2.91. The number of rotatable bonds is 5. The lowest BCUT2D eigenvalue weighted by Gasteiger charge is -2.70. The van der Waals surface area contributed by atoms with Gasteiger partial charge in [0.25, 0.3) is 0 Å². The van der Waals surface area contributed by atoms with E-state index in [4.69, 9.17) is 0 Å². The minimum Gasteiger partial charge on any atom is -0.367 e. The number of anilines is 1. The summed E-state index contributed by atoms with van der Waals surface area (Å²) < 4.78 is 29.6. The largest absolute Gasteiger partial charge is 0.367 e. The van der Waals surface area contributed by atoms with Gasteiger partial charge in [-0.3, -0.25) is 19.7 Å². The van der Waals surface area contributed by atoms with Crippen LogP contribution in [-0.2, 0) is 19.8 Å². The molecule has 3 amide bonds. The fraction of sp³-hybridized carbons (Fsp3) is 0.423. The Bertz CT molecular complexity index is 1170. The van der Waals surface area contributed by atoms with Gasteiger partial charge in [0.15, 0.2) is 0 Å². The summed E-state index contributed by atoms with van der Waals surface area (Å²) in [5.41, 5.74) is 1.28. The van der Waals surface area contributed by atoms with E-state index in [-0.39, 0.29) is 41.2 Å². The number of imide groups is 1. The Morgan fingerprint density at radius 1 is 1.03 bits per heavy atom.